The van der Waals surface area contributed by atoms with Crippen molar-refractivity contribution in [3.63, 3.8) is 0 Å². The predicted octanol–water partition coefficient (Wildman–Crippen LogP) is 1.43. The third-order valence-corrected chi connectivity index (χ3v) is 3.73. The van der Waals surface area contributed by atoms with Gasteiger partial charge in [-0.3, -0.25) is 9.69 Å². The average molecular weight is 246 g/mol. The van der Waals surface area contributed by atoms with Crippen LogP contribution in [0.5, 0.6) is 0 Å². The summed E-state index contributed by atoms with van der Waals surface area (Å²) in [5.41, 5.74) is 1.25. The Balaban J connectivity index is 1.87. The largest absolute Gasteiger partial charge is 0.303 e. The fourth-order valence-corrected chi connectivity index (χ4v) is 2.44. The lowest BCUT2D eigenvalue weighted by atomic mass is 10.0. The summed E-state index contributed by atoms with van der Waals surface area (Å²) < 4.78 is 0. The zero-order valence-electron chi connectivity index (χ0n) is 11.3. The molecule has 1 aliphatic rings. The van der Waals surface area contributed by atoms with Gasteiger partial charge in [0.2, 0.25) is 0 Å². The molecular formula is C15H22N2O. The van der Waals surface area contributed by atoms with Crippen LogP contribution in [0.25, 0.3) is 0 Å². The minimum Gasteiger partial charge on any atom is -0.303 e. The fraction of sp³-hybridized carbons (Fsp3) is 0.533. The number of piperazine rings is 1. The summed E-state index contributed by atoms with van der Waals surface area (Å²) in [6.45, 7) is 2.90. The number of nitrogens with zero attached hydrogens (tertiary/aromatic N) is 2. The van der Waals surface area contributed by atoms with Gasteiger partial charge in [0.25, 0.3) is 0 Å². The lowest BCUT2D eigenvalue weighted by Crippen LogP contribution is -2.53. The molecule has 1 unspecified atom stereocenters. The monoisotopic (exact) mass is 246 g/mol. The summed E-state index contributed by atoms with van der Waals surface area (Å²) in [6, 6.07) is 10.3. The van der Waals surface area contributed by atoms with Gasteiger partial charge in [-0.05, 0) is 26.1 Å². The summed E-state index contributed by atoms with van der Waals surface area (Å²) in [6.07, 6.45) is 1.50. The topological polar surface area (TPSA) is 23.6 Å². The molecule has 0 spiro atoms. The van der Waals surface area contributed by atoms with Gasteiger partial charge in [-0.25, -0.2) is 0 Å². The molecule has 1 aliphatic heterocycles. The maximum atomic E-state index is 12.3. The van der Waals surface area contributed by atoms with E-state index in [0.717, 1.165) is 26.1 Å². The molecule has 1 aromatic carbocycles. The van der Waals surface area contributed by atoms with Crippen molar-refractivity contribution >= 4 is 5.78 Å². The number of hydrogen-bond acceptors (Lipinski definition) is 3. The number of ketones is 1. The number of aryl methyl sites for hydroxylation is 1. The molecule has 1 aromatic rings. The number of benzene rings is 1. The minimum atomic E-state index is 0.0764. The molecule has 3 nitrogen and oxygen atoms in total. The first-order valence-electron chi connectivity index (χ1n) is 6.62. The van der Waals surface area contributed by atoms with E-state index >= 15 is 0 Å². The van der Waals surface area contributed by atoms with Crippen LogP contribution in [0.4, 0.5) is 0 Å². The van der Waals surface area contributed by atoms with E-state index in [1.54, 1.807) is 0 Å². The van der Waals surface area contributed by atoms with Crippen LogP contribution in [0, 0.1) is 0 Å². The second-order valence-corrected chi connectivity index (χ2v) is 5.21. The summed E-state index contributed by atoms with van der Waals surface area (Å²) >= 11 is 0. The Bertz CT molecular complexity index is 391. The zero-order chi connectivity index (χ0) is 13.0. The van der Waals surface area contributed by atoms with Crippen molar-refractivity contribution in [1.82, 2.24) is 9.80 Å². The Hall–Kier alpha value is -1.19. The second-order valence-electron chi connectivity index (χ2n) is 5.21. The molecule has 0 radical (unpaired) electrons. The molecule has 1 fully saturated rings. The highest BCUT2D eigenvalue weighted by molar-refractivity contribution is 5.84. The Morgan fingerprint density at radius 1 is 1.22 bits per heavy atom. The Labute approximate surface area is 109 Å². The number of carbonyl (C=O) groups is 1. The molecule has 18 heavy (non-hydrogen) atoms. The van der Waals surface area contributed by atoms with Crippen molar-refractivity contribution in [2.45, 2.75) is 18.9 Å². The van der Waals surface area contributed by atoms with Crippen molar-refractivity contribution < 1.29 is 4.79 Å². The van der Waals surface area contributed by atoms with Crippen molar-refractivity contribution in [2.24, 2.45) is 0 Å². The molecule has 98 valence electrons. The number of carbonyl (C=O) groups excluding carboxylic acids is 1. The first kappa shape index (κ1) is 13.2. The van der Waals surface area contributed by atoms with Crippen LogP contribution < -0.4 is 0 Å². The zero-order valence-corrected chi connectivity index (χ0v) is 11.3. The van der Waals surface area contributed by atoms with Crippen LogP contribution in [0.15, 0.2) is 30.3 Å². The number of hydrogen-bond donors (Lipinski definition) is 0. The summed E-state index contributed by atoms with van der Waals surface area (Å²) in [5.74, 6) is 0.368. The van der Waals surface area contributed by atoms with E-state index in [9.17, 15) is 4.79 Å². The molecule has 0 aromatic heterocycles. The number of likely N-dealkylation sites (N-methyl/N-ethyl adjacent to an activating group) is 2. The van der Waals surface area contributed by atoms with Crippen LogP contribution in [0.3, 0.4) is 0 Å². The summed E-state index contributed by atoms with van der Waals surface area (Å²) in [4.78, 5) is 16.7. The van der Waals surface area contributed by atoms with Gasteiger partial charge in [0.05, 0.1) is 6.04 Å². The Kier molecular flexibility index (Phi) is 4.50. The van der Waals surface area contributed by atoms with Gasteiger partial charge in [-0.1, -0.05) is 30.3 Å². The highest BCUT2D eigenvalue weighted by atomic mass is 16.1. The van der Waals surface area contributed by atoms with Gasteiger partial charge < -0.3 is 4.90 Å². The number of Topliss-reactive ketones (excluding diaryl/α,β-unsaturated/α-hetero) is 1. The van der Waals surface area contributed by atoms with Gasteiger partial charge in [0, 0.05) is 26.1 Å². The van der Waals surface area contributed by atoms with Crippen molar-refractivity contribution in [2.75, 3.05) is 33.7 Å². The van der Waals surface area contributed by atoms with Crippen molar-refractivity contribution in [3.8, 4) is 0 Å². The molecular weight excluding hydrogens is 224 g/mol. The fourth-order valence-electron chi connectivity index (χ4n) is 2.44. The van der Waals surface area contributed by atoms with E-state index in [1.165, 1.54) is 5.56 Å². The summed E-state index contributed by atoms with van der Waals surface area (Å²) in [5, 5.41) is 0. The van der Waals surface area contributed by atoms with Crippen LogP contribution in [0.2, 0.25) is 0 Å². The standard InChI is InChI=1S/C15H22N2O/c1-16-10-11-17(2)14(12-16)15(18)9-8-13-6-4-3-5-7-13/h3-7,14H,8-12H2,1-2H3. The quantitative estimate of drug-likeness (QED) is 0.803. The molecule has 0 aliphatic carbocycles. The summed E-state index contributed by atoms with van der Waals surface area (Å²) in [7, 11) is 4.14. The van der Waals surface area contributed by atoms with Crippen molar-refractivity contribution in [1.29, 1.82) is 0 Å². The van der Waals surface area contributed by atoms with E-state index in [4.69, 9.17) is 0 Å². The van der Waals surface area contributed by atoms with E-state index in [-0.39, 0.29) is 6.04 Å². The van der Waals surface area contributed by atoms with E-state index in [2.05, 4.69) is 36.0 Å². The van der Waals surface area contributed by atoms with Gasteiger partial charge >= 0.3 is 0 Å². The average Bonchev–Trinajstić information content (AvgIpc) is 2.40. The SMILES string of the molecule is CN1CCN(C)C(C(=O)CCc2ccccc2)C1. The maximum Gasteiger partial charge on any atom is 0.151 e. The first-order valence-corrected chi connectivity index (χ1v) is 6.62. The molecule has 0 N–H and O–H groups in total. The third kappa shape index (κ3) is 3.40. The smallest absolute Gasteiger partial charge is 0.151 e. The molecule has 1 heterocycles. The lowest BCUT2D eigenvalue weighted by molar-refractivity contribution is -0.125. The predicted molar refractivity (Wildman–Crippen MR) is 73.7 cm³/mol. The van der Waals surface area contributed by atoms with Crippen LogP contribution in [-0.2, 0) is 11.2 Å². The molecule has 1 saturated heterocycles. The molecule has 0 saturated carbocycles. The second kappa shape index (κ2) is 6.12. The molecule has 3 heteroatoms. The number of rotatable bonds is 4. The van der Waals surface area contributed by atoms with Gasteiger partial charge in [-0.15, -0.1) is 0 Å². The van der Waals surface area contributed by atoms with Crippen LogP contribution in [-0.4, -0.2) is 55.4 Å². The molecule has 1 atom stereocenters. The highest BCUT2D eigenvalue weighted by Gasteiger charge is 2.27. The maximum absolute atomic E-state index is 12.3. The van der Waals surface area contributed by atoms with Crippen LogP contribution >= 0.6 is 0 Å². The molecule has 2 rings (SSSR count). The minimum absolute atomic E-state index is 0.0764. The molecule has 0 bridgehead atoms. The van der Waals surface area contributed by atoms with E-state index < -0.39 is 0 Å². The first-order chi connectivity index (χ1) is 8.66. The van der Waals surface area contributed by atoms with Gasteiger partial charge in [0.1, 0.15) is 0 Å². The Morgan fingerprint density at radius 2 is 1.94 bits per heavy atom. The van der Waals surface area contributed by atoms with Crippen LogP contribution in [0.1, 0.15) is 12.0 Å². The third-order valence-electron chi connectivity index (χ3n) is 3.73. The highest BCUT2D eigenvalue weighted by Crippen LogP contribution is 2.11. The van der Waals surface area contributed by atoms with E-state index in [1.807, 2.05) is 18.2 Å². The normalized spacial score (nSPS) is 22.0. The lowest BCUT2D eigenvalue weighted by Gasteiger charge is -2.36. The van der Waals surface area contributed by atoms with Gasteiger partial charge in [0.15, 0.2) is 5.78 Å². The van der Waals surface area contributed by atoms with E-state index in [0.29, 0.717) is 12.2 Å². The Morgan fingerprint density at radius 3 is 2.67 bits per heavy atom. The molecule has 0 amide bonds. The van der Waals surface area contributed by atoms with Gasteiger partial charge in [-0.2, -0.15) is 0 Å². The van der Waals surface area contributed by atoms with Crippen molar-refractivity contribution in [3.05, 3.63) is 35.9 Å².